The molecule has 0 radical (unpaired) electrons. The molecule has 0 saturated carbocycles. The molecule has 0 aliphatic rings. The average Bonchev–Trinajstić information content (AvgIpc) is 2.99. The molecule has 2 rings (SSSR count). The van der Waals surface area contributed by atoms with E-state index >= 15 is 0 Å². The predicted octanol–water partition coefficient (Wildman–Crippen LogP) is 3.83. The number of anilines is 1. The van der Waals surface area contributed by atoms with Gasteiger partial charge in [0.2, 0.25) is 5.91 Å². The molecule has 4 nitrogen and oxygen atoms in total. The largest absolute Gasteiger partial charge is 0.492 e. The number of rotatable bonds is 6. The molecule has 0 fully saturated rings. The van der Waals surface area contributed by atoms with Crippen molar-refractivity contribution in [2.75, 3.05) is 11.9 Å². The van der Waals surface area contributed by atoms with Crippen LogP contribution in [0.5, 0.6) is 5.75 Å². The highest BCUT2D eigenvalue weighted by atomic mass is 35.5. The molecule has 0 spiro atoms. The van der Waals surface area contributed by atoms with Crippen LogP contribution in [0.2, 0.25) is 5.02 Å². The van der Waals surface area contributed by atoms with Crippen LogP contribution >= 0.6 is 22.9 Å². The lowest BCUT2D eigenvalue weighted by molar-refractivity contribution is -0.117. The summed E-state index contributed by atoms with van der Waals surface area (Å²) < 4.78 is 5.48. The van der Waals surface area contributed by atoms with E-state index in [2.05, 4.69) is 5.32 Å². The first-order valence-corrected chi connectivity index (χ1v) is 7.89. The molecular weight excluding hydrogens is 308 g/mol. The van der Waals surface area contributed by atoms with Gasteiger partial charge in [0.05, 0.1) is 11.6 Å². The van der Waals surface area contributed by atoms with Crippen LogP contribution in [-0.4, -0.2) is 12.5 Å². The molecule has 3 N–H and O–H groups in total. The second-order valence-electron chi connectivity index (χ2n) is 4.48. The molecule has 1 unspecified atom stereocenters. The van der Waals surface area contributed by atoms with Gasteiger partial charge < -0.3 is 15.8 Å². The van der Waals surface area contributed by atoms with Gasteiger partial charge in [-0.1, -0.05) is 24.6 Å². The number of halogens is 1. The van der Waals surface area contributed by atoms with E-state index in [0.717, 1.165) is 11.3 Å². The van der Waals surface area contributed by atoms with Crippen molar-refractivity contribution in [2.24, 2.45) is 5.73 Å². The number of ether oxygens (including phenoxy) is 1. The summed E-state index contributed by atoms with van der Waals surface area (Å²) in [4.78, 5) is 12.9. The zero-order valence-electron chi connectivity index (χ0n) is 11.6. The van der Waals surface area contributed by atoms with Crippen LogP contribution in [0.3, 0.4) is 0 Å². The van der Waals surface area contributed by atoms with E-state index in [1.165, 1.54) is 11.3 Å². The molecular formula is C15H17ClN2O2S. The van der Waals surface area contributed by atoms with Gasteiger partial charge in [0.15, 0.2) is 0 Å². The topological polar surface area (TPSA) is 64.3 Å². The summed E-state index contributed by atoms with van der Waals surface area (Å²) in [6, 6.07) is 8.17. The fraction of sp³-hybridized carbons (Fsp3) is 0.267. The van der Waals surface area contributed by atoms with Crippen molar-refractivity contribution in [3.63, 3.8) is 0 Å². The molecule has 6 heteroatoms. The minimum atomic E-state index is -0.681. The highest BCUT2D eigenvalue weighted by Gasteiger charge is 2.17. The van der Waals surface area contributed by atoms with Gasteiger partial charge in [-0.05, 0) is 36.1 Å². The summed E-state index contributed by atoms with van der Waals surface area (Å²) >= 11 is 7.57. The van der Waals surface area contributed by atoms with Crippen LogP contribution in [0, 0.1) is 0 Å². The Kier molecular flexibility index (Phi) is 5.61. The molecule has 1 aromatic heterocycles. The van der Waals surface area contributed by atoms with E-state index in [4.69, 9.17) is 22.1 Å². The maximum Gasteiger partial charge on any atom is 0.246 e. The highest BCUT2D eigenvalue weighted by molar-refractivity contribution is 7.10. The van der Waals surface area contributed by atoms with Gasteiger partial charge in [-0.3, -0.25) is 4.79 Å². The lowest BCUT2D eigenvalue weighted by Crippen LogP contribution is -2.26. The smallest absolute Gasteiger partial charge is 0.246 e. The van der Waals surface area contributed by atoms with Crippen molar-refractivity contribution >= 4 is 34.5 Å². The number of carbonyl (C=O) groups excluding carboxylic acids is 1. The van der Waals surface area contributed by atoms with Crippen molar-refractivity contribution in [3.8, 4) is 5.75 Å². The molecule has 1 amide bonds. The lowest BCUT2D eigenvalue weighted by atomic mass is 10.2. The van der Waals surface area contributed by atoms with E-state index in [1.54, 1.807) is 18.2 Å². The zero-order valence-corrected chi connectivity index (χ0v) is 13.2. The maximum atomic E-state index is 12.1. The van der Waals surface area contributed by atoms with E-state index in [0.29, 0.717) is 23.1 Å². The Morgan fingerprint density at radius 1 is 1.48 bits per heavy atom. The van der Waals surface area contributed by atoms with E-state index < -0.39 is 6.04 Å². The fourth-order valence-electron chi connectivity index (χ4n) is 1.73. The summed E-state index contributed by atoms with van der Waals surface area (Å²) in [5.41, 5.74) is 6.50. The first-order chi connectivity index (χ1) is 10.1. The van der Waals surface area contributed by atoms with Gasteiger partial charge in [0.1, 0.15) is 11.8 Å². The molecule has 2 aromatic rings. The van der Waals surface area contributed by atoms with E-state index in [1.807, 2.05) is 24.4 Å². The second-order valence-corrected chi connectivity index (χ2v) is 5.86. The number of carbonyl (C=O) groups is 1. The molecule has 0 aliphatic carbocycles. The monoisotopic (exact) mass is 324 g/mol. The van der Waals surface area contributed by atoms with Crippen LogP contribution in [0.25, 0.3) is 0 Å². The van der Waals surface area contributed by atoms with Gasteiger partial charge >= 0.3 is 0 Å². The van der Waals surface area contributed by atoms with Crippen LogP contribution in [0.15, 0.2) is 35.7 Å². The number of benzene rings is 1. The molecule has 0 aliphatic heterocycles. The van der Waals surface area contributed by atoms with Crippen molar-refractivity contribution in [1.82, 2.24) is 0 Å². The molecule has 1 aromatic carbocycles. The summed E-state index contributed by atoms with van der Waals surface area (Å²) in [7, 11) is 0. The fourth-order valence-corrected chi connectivity index (χ4v) is 2.69. The first kappa shape index (κ1) is 15.8. The van der Waals surface area contributed by atoms with Crippen molar-refractivity contribution in [3.05, 3.63) is 45.6 Å². The summed E-state index contributed by atoms with van der Waals surface area (Å²) in [6.45, 7) is 2.63. The molecule has 1 heterocycles. The Bertz CT molecular complexity index is 602. The lowest BCUT2D eigenvalue weighted by Gasteiger charge is -2.12. The maximum absolute atomic E-state index is 12.1. The molecule has 21 heavy (non-hydrogen) atoms. The Labute approximate surface area is 132 Å². The number of hydrogen-bond donors (Lipinski definition) is 2. The SMILES string of the molecule is CCCOc1ccc(NC(=O)C(N)c2cccs2)cc1Cl. The normalized spacial score (nSPS) is 12.0. The molecule has 0 saturated heterocycles. The molecule has 1 atom stereocenters. The predicted molar refractivity (Wildman–Crippen MR) is 87.1 cm³/mol. The second kappa shape index (κ2) is 7.45. The van der Waals surface area contributed by atoms with Crippen molar-refractivity contribution in [1.29, 1.82) is 0 Å². The third-order valence-corrected chi connectivity index (χ3v) is 4.04. The number of nitrogens with one attached hydrogen (secondary N) is 1. The van der Waals surface area contributed by atoms with E-state index in [9.17, 15) is 4.79 Å². The van der Waals surface area contributed by atoms with Crippen LogP contribution in [0.1, 0.15) is 24.3 Å². The molecule has 0 bridgehead atoms. The van der Waals surface area contributed by atoms with Crippen LogP contribution < -0.4 is 15.8 Å². The third kappa shape index (κ3) is 4.20. The van der Waals surface area contributed by atoms with Crippen LogP contribution in [-0.2, 0) is 4.79 Å². The minimum Gasteiger partial charge on any atom is -0.492 e. The molecule has 112 valence electrons. The Hall–Kier alpha value is -1.56. The minimum absolute atomic E-state index is 0.268. The van der Waals surface area contributed by atoms with Gasteiger partial charge in [0, 0.05) is 10.6 Å². The van der Waals surface area contributed by atoms with Gasteiger partial charge in [-0.25, -0.2) is 0 Å². The van der Waals surface area contributed by atoms with Gasteiger partial charge in [-0.15, -0.1) is 11.3 Å². The Balaban J connectivity index is 2.02. The number of thiophene rings is 1. The van der Waals surface area contributed by atoms with Gasteiger partial charge in [-0.2, -0.15) is 0 Å². The zero-order chi connectivity index (χ0) is 15.2. The quantitative estimate of drug-likeness (QED) is 0.848. The van der Waals surface area contributed by atoms with Crippen molar-refractivity contribution < 1.29 is 9.53 Å². The average molecular weight is 325 g/mol. The number of nitrogens with two attached hydrogens (primary N) is 1. The first-order valence-electron chi connectivity index (χ1n) is 6.64. The van der Waals surface area contributed by atoms with Crippen LogP contribution in [0.4, 0.5) is 5.69 Å². The van der Waals surface area contributed by atoms with Gasteiger partial charge in [0.25, 0.3) is 0 Å². The Morgan fingerprint density at radius 3 is 2.90 bits per heavy atom. The summed E-state index contributed by atoms with van der Waals surface area (Å²) in [5.74, 6) is 0.342. The number of hydrogen-bond acceptors (Lipinski definition) is 4. The Morgan fingerprint density at radius 2 is 2.29 bits per heavy atom. The third-order valence-electron chi connectivity index (χ3n) is 2.79. The number of amides is 1. The van der Waals surface area contributed by atoms with Crippen molar-refractivity contribution in [2.45, 2.75) is 19.4 Å². The summed E-state index contributed by atoms with van der Waals surface area (Å²) in [5, 5.41) is 5.11. The summed E-state index contributed by atoms with van der Waals surface area (Å²) in [6.07, 6.45) is 0.907. The highest BCUT2D eigenvalue weighted by Crippen LogP contribution is 2.28. The standard InChI is InChI=1S/C15H17ClN2O2S/c1-2-7-20-12-6-5-10(9-11(12)16)18-15(19)14(17)13-4-3-8-21-13/h3-6,8-9,14H,2,7,17H2,1H3,(H,18,19). The van der Waals surface area contributed by atoms with E-state index in [-0.39, 0.29) is 5.91 Å².